The van der Waals surface area contributed by atoms with Crippen LogP contribution in [-0.4, -0.2) is 18.9 Å². The lowest BCUT2D eigenvalue weighted by molar-refractivity contribution is -0.140. The maximum absolute atomic E-state index is 13.6. The number of ether oxygens (including phenoxy) is 3. The third-order valence-electron chi connectivity index (χ3n) is 7.43. The number of carbonyl (C=O) groups is 2. The predicted molar refractivity (Wildman–Crippen MR) is 154 cm³/mol. The standard InChI is InChI=1S/C34H35NO5/c1-22-30(33(37)40-21-24-13-9-6-10-14-24)31(32-26(35-22)18-34(2,3)19-27(32)36)25-15-16-28(29(17-25)38-4)39-20-23-11-7-5-8-12-23/h5-17,31,35H,18-21H2,1-4H3/t31-/m1/s1. The van der Waals surface area contributed by atoms with Crippen LogP contribution < -0.4 is 14.8 Å². The molecule has 1 atom stereocenters. The van der Waals surface area contributed by atoms with E-state index < -0.39 is 11.9 Å². The summed E-state index contributed by atoms with van der Waals surface area (Å²) in [5.41, 5.74) is 5.15. The van der Waals surface area contributed by atoms with E-state index in [0.29, 0.717) is 47.8 Å². The van der Waals surface area contributed by atoms with Crippen LogP contribution in [0.4, 0.5) is 0 Å². The molecule has 1 N–H and O–H groups in total. The fraction of sp³-hybridized carbons (Fsp3) is 0.294. The van der Waals surface area contributed by atoms with Crippen molar-refractivity contribution in [3.63, 3.8) is 0 Å². The summed E-state index contributed by atoms with van der Waals surface area (Å²) in [5, 5.41) is 3.39. The summed E-state index contributed by atoms with van der Waals surface area (Å²) in [7, 11) is 1.59. The highest BCUT2D eigenvalue weighted by molar-refractivity contribution is 6.04. The largest absolute Gasteiger partial charge is 0.493 e. The Morgan fingerprint density at radius 3 is 2.20 bits per heavy atom. The van der Waals surface area contributed by atoms with E-state index in [1.54, 1.807) is 7.11 Å². The normalized spacial score (nSPS) is 18.1. The van der Waals surface area contributed by atoms with Crippen LogP contribution in [0.2, 0.25) is 0 Å². The molecule has 1 aliphatic carbocycles. The third kappa shape index (κ3) is 5.81. The Bertz CT molecular complexity index is 1470. The Morgan fingerprint density at radius 1 is 0.900 bits per heavy atom. The number of hydrogen-bond donors (Lipinski definition) is 1. The molecule has 0 unspecified atom stereocenters. The molecule has 0 fully saturated rings. The molecule has 0 amide bonds. The summed E-state index contributed by atoms with van der Waals surface area (Å²) in [6.45, 7) is 6.59. The fourth-order valence-corrected chi connectivity index (χ4v) is 5.56. The van der Waals surface area contributed by atoms with Crippen LogP contribution in [0, 0.1) is 5.41 Å². The molecule has 5 rings (SSSR count). The summed E-state index contributed by atoms with van der Waals surface area (Å²) in [6.07, 6.45) is 1.12. The Balaban J connectivity index is 1.51. The number of methoxy groups -OCH3 is 1. The molecule has 206 valence electrons. The molecule has 40 heavy (non-hydrogen) atoms. The summed E-state index contributed by atoms with van der Waals surface area (Å²) < 4.78 is 17.6. The van der Waals surface area contributed by atoms with Crippen LogP contribution in [0.5, 0.6) is 11.5 Å². The highest BCUT2D eigenvalue weighted by atomic mass is 16.5. The Kier molecular flexibility index (Phi) is 7.78. The number of carbonyl (C=O) groups excluding carboxylic acids is 2. The van der Waals surface area contributed by atoms with Crippen molar-refractivity contribution < 1.29 is 23.8 Å². The first-order valence-corrected chi connectivity index (χ1v) is 13.6. The van der Waals surface area contributed by atoms with Crippen LogP contribution in [0.1, 0.15) is 56.2 Å². The maximum Gasteiger partial charge on any atom is 0.337 e. The van der Waals surface area contributed by atoms with Crippen molar-refractivity contribution in [2.75, 3.05) is 7.11 Å². The third-order valence-corrected chi connectivity index (χ3v) is 7.43. The first-order chi connectivity index (χ1) is 19.3. The van der Waals surface area contributed by atoms with Gasteiger partial charge in [-0.15, -0.1) is 0 Å². The van der Waals surface area contributed by atoms with Crippen LogP contribution in [0.15, 0.2) is 101 Å². The van der Waals surface area contributed by atoms with Gasteiger partial charge in [0.15, 0.2) is 17.3 Å². The topological polar surface area (TPSA) is 73.9 Å². The zero-order valence-electron chi connectivity index (χ0n) is 23.5. The zero-order chi connectivity index (χ0) is 28.3. The first-order valence-electron chi connectivity index (χ1n) is 13.6. The van der Waals surface area contributed by atoms with Gasteiger partial charge in [-0.2, -0.15) is 0 Å². The fourth-order valence-electron chi connectivity index (χ4n) is 5.56. The second-order valence-corrected chi connectivity index (χ2v) is 11.2. The molecule has 6 heteroatoms. The monoisotopic (exact) mass is 537 g/mol. The van der Waals surface area contributed by atoms with Gasteiger partial charge >= 0.3 is 5.97 Å². The number of hydrogen-bond acceptors (Lipinski definition) is 6. The molecule has 1 aliphatic heterocycles. The number of benzene rings is 3. The second-order valence-electron chi connectivity index (χ2n) is 11.2. The molecular formula is C34H35NO5. The van der Waals surface area contributed by atoms with E-state index >= 15 is 0 Å². The number of Topliss-reactive ketones (excluding diaryl/α,β-unsaturated/α-hetero) is 1. The van der Waals surface area contributed by atoms with Crippen LogP contribution in [0.25, 0.3) is 0 Å². The molecule has 1 heterocycles. The van der Waals surface area contributed by atoms with Crippen LogP contribution in [-0.2, 0) is 27.5 Å². The molecule has 0 radical (unpaired) electrons. The number of dihydropyridines is 1. The van der Waals surface area contributed by atoms with Gasteiger partial charge in [0.05, 0.1) is 12.7 Å². The van der Waals surface area contributed by atoms with Gasteiger partial charge in [0.1, 0.15) is 13.2 Å². The highest BCUT2D eigenvalue weighted by Crippen LogP contribution is 2.48. The van der Waals surface area contributed by atoms with Crippen LogP contribution >= 0.6 is 0 Å². The van der Waals surface area contributed by atoms with Crippen molar-refractivity contribution in [1.82, 2.24) is 5.32 Å². The van der Waals surface area contributed by atoms with Gasteiger partial charge in [-0.25, -0.2) is 4.79 Å². The van der Waals surface area contributed by atoms with Gasteiger partial charge < -0.3 is 19.5 Å². The average molecular weight is 538 g/mol. The van der Waals surface area contributed by atoms with Gasteiger partial charge in [-0.3, -0.25) is 4.79 Å². The van der Waals surface area contributed by atoms with Gasteiger partial charge in [0, 0.05) is 29.3 Å². The van der Waals surface area contributed by atoms with E-state index in [2.05, 4.69) is 19.2 Å². The van der Waals surface area contributed by atoms with Gasteiger partial charge in [0.25, 0.3) is 0 Å². The Hall–Kier alpha value is -4.32. The van der Waals surface area contributed by atoms with E-state index in [0.717, 1.165) is 22.4 Å². The lowest BCUT2D eigenvalue weighted by atomic mass is 9.68. The summed E-state index contributed by atoms with van der Waals surface area (Å²) in [6, 6.07) is 25.1. The second kappa shape index (κ2) is 11.4. The minimum absolute atomic E-state index is 0.0352. The quantitative estimate of drug-likeness (QED) is 0.326. The molecule has 0 bridgehead atoms. The maximum atomic E-state index is 13.6. The van der Waals surface area contributed by atoms with E-state index in [1.165, 1.54) is 0 Å². The molecule has 6 nitrogen and oxygen atoms in total. The smallest absolute Gasteiger partial charge is 0.337 e. The number of nitrogens with one attached hydrogen (secondary N) is 1. The molecule has 0 saturated carbocycles. The molecule has 0 spiro atoms. The number of esters is 1. The molecule has 3 aromatic rings. The zero-order valence-corrected chi connectivity index (χ0v) is 23.5. The van der Waals surface area contributed by atoms with Crippen molar-refractivity contribution in [3.8, 4) is 11.5 Å². The number of allylic oxidation sites excluding steroid dienone is 3. The summed E-state index contributed by atoms with van der Waals surface area (Å²) in [5.74, 6) is 0.121. The Morgan fingerprint density at radius 2 is 1.55 bits per heavy atom. The lowest BCUT2D eigenvalue weighted by Crippen LogP contribution is -2.38. The summed E-state index contributed by atoms with van der Waals surface area (Å²) in [4.78, 5) is 27.3. The molecule has 0 aromatic heterocycles. The van der Waals surface area contributed by atoms with E-state index in [1.807, 2.05) is 85.8 Å². The van der Waals surface area contributed by atoms with Crippen molar-refractivity contribution in [3.05, 3.63) is 118 Å². The molecule has 2 aliphatic rings. The van der Waals surface area contributed by atoms with Gasteiger partial charge in [0.2, 0.25) is 0 Å². The minimum Gasteiger partial charge on any atom is -0.493 e. The Labute approximate surface area is 235 Å². The molecular weight excluding hydrogens is 502 g/mol. The molecule has 3 aromatic carbocycles. The van der Waals surface area contributed by atoms with Crippen molar-refractivity contribution >= 4 is 11.8 Å². The average Bonchev–Trinajstić information content (AvgIpc) is 2.94. The summed E-state index contributed by atoms with van der Waals surface area (Å²) >= 11 is 0. The van der Waals surface area contributed by atoms with E-state index in [9.17, 15) is 9.59 Å². The number of ketones is 1. The SMILES string of the molecule is COc1cc([C@@H]2C(C(=O)OCc3ccccc3)=C(C)NC3=C2C(=O)CC(C)(C)C3)ccc1OCc1ccccc1. The minimum atomic E-state index is -0.583. The van der Waals surface area contributed by atoms with E-state index in [4.69, 9.17) is 14.2 Å². The molecule has 0 saturated heterocycles. The first kappa shape index (κ1) is 27.3. The van der Waals surface area contributed by atoms with Crippen LogP contribution in [0.3, 0.4) is 0 Å². The predicted octanol–water partition coefficient (Wildman–Crippen LogP) is 6.62. The van der Waals surface area contributed by atoms with Crippen molar-refractivity contribution in [1.29, 1.82) is 0 Å². The van der Waals surface area contributed by atoms with E-state index in [-0.39, 0.29) is 17.8 Å². The van der Waals surface area contributed by atoms with Crippen molar-refractivity contribution in [2.24, 2.45) is 5.41 Å². The van der Waals surface area contributed by atoms with Gasteiger partial charge in [-0.05, 0) is 47.6 Å². The van der Waals surface area contributed by atoms with Crippen molar-refractivity contribution in [2.45, 2.75) is 52.7 Å². The lowest BCUT2D eigenvalue weighted by Gasteiger charge is -2.39. The number of rotatable bonds is 8. The highest BCUT2D eigenvalue weighted by Gasteiger charge is 2.43. The van der Waals surface area contributed by atoms with Gasteiger partial charge in [-0.1, -0.05) is 80.6 Å².